The lowest BCUT2D eigenvalue weighted by Gasteiger charge is -2.06. The van der Waals surface area contributed by atoms with E-state index in [0.717, 1.165) is 0 Å². The van der Waals surface area contributed by atoms with E-state index in [1.165, 1.54) is 0 Å². The van der Waals surface area contributed by atoms with E-state index in [1.54, 1.807) is 6.92 Å². The van der Waals surface area contributed by atoms with E-state index in [1.807, 2.05) is 0 Å². The Bertz CT molecular complexity index is 182. The van der Waals surface area contributed by atoms with Crippen LogP contribution in [-0.2, 0) is 14.3 Å². The summed E-state index contributed by atoms with van der Waals surface area (Å²) in [4.78, 5) is 21.8. The summed E-state index contributed by atoms with van der Waals surface area (Å²) in [5.41, 5.74) is 10.5. The molecular formula is C8H16N2O3. The summed E-state index contributed by atoms with van der Waals surface area (Å²) in [5, 5.41) is 0. The first-order valence-electron chi connectivity index (χ1n) is 4.32. The summed E-state index contributed by atoms with van der Waals surface area (Å²) in [6.45, 7) is 2.15. The summed E-state index contributed by atoms with van der Waals surface area (Å²) >= 11 is 0. The molecule has 0 spiro atoms. The molecule has 1 atom stereocenters. The number of carbonyl (C=O) groups is 2. The third-order valence-corrected chi connectivity index (χ3v) is 1.54. The molecule has 0 saturated carbocycles. The molecule has 0 amide bonds. The zero-order chi connectivity index (χ0) is 10.3. The van der Waals surface area contributed by atoms with Crippen molar-refractivity contribution in [2.24, 2.45) is 11.5 Å². The van der Waals surface area contributed by atoms with Gasteiger partial charge in [-0.1, -0.05) is 6.92 Å². The molecule has 0 aromatic heterocycles. The zero-order valence-electron chi connectivity index (χ0n) is 7.79. The molecule has 5 heteroatoms. The lowest BCUT2D eigenvalue weighted by molar-refractivity contribution is -0.160. The molecule has 0 aliphatic heterocycles. The number of esters is 2. The van der Waals surface area contributed by atoms with Crippen molar-refractivity contribution in [1.82, 2.24) is 0 Å². The van der Waals surface area contributed by atoms with Crippen molar-refractivity contribution < 1.29 is 14.3 Å². The van der Waals surface area contributed by atoms with Gasteiger partial charge >= 0.3 is 11.9 Å². The number of hydrogen-bond acceptors (Lipinski definition) is 5. The van der Waals surface area contributed by atoms with Gasteiger partial charge < -0.3 is 16.2 Å². The lowest BCUT2D eigenvalue weighted by atomic mass is 10.2. The van der Waals surface area contributed by atoms with Gasteiger partial charge in [-0.15, -0.1) is 0 Å². The van der Waals surface area contributed by atoms with Gasteiger partial charge in [0, 0.05) is 6.42 Å². The van der Waals surface area contributed by atoms with Gasteiger partial charge in [0.15, 0.2) is 0 Å². The molecule has 0 radical (unpaired) electrons. The van der Waals surface area contributed by atoms with Gasteiger partial charge in [-0.2, -0.15) is 0 Å². The van der Waals surface area contributed by atoms with Crippen molar-refractivity contribution in [3.63, 3.8) is 0 Å². The average molecular weight is 188 g/mol. The van der Waals surface area contributed by atoms with Crippen LogP contribution in [0.5, 0.6) is 0 Å². The third kappa shape index (κ3) is 5.32. The molecule has 13 heavy (non-hydrogen) atoms. The van der Waals surface area contributed by atoms with Gasteiger partial charge in [0.25, 0.3) is 0 Å². The molecule has 0 fully saturated rings. The largest absolute Gasteiger partial charge is 0.392 e. The van der Waals surface area contributed by atoms with Crippen LogP contribution < -0.4 is 11.5 Å². The van der Waals surface area contributed by atoms with E-state index < -0.39 is 18.0 Å². The van der Waals surface area contributed by atoms with Crippen molar-refractivity contribution in [2.75, 3.05) is 6.54 Å². The predicted molar refractivity (Wildman–Crippen MR) is 47.7 cm³/mol. The van der Waals surface area contributed by atoms with E-state index >= 15 is 0 Å². The molecule has 4 N–H and O–H groups in total. The Morgan fingerprint density at radius 1 is 1.46 bits per heavy atom. The van der Waals surface area contributed by atoms with Crippen molar-refractivity contribution in [3.05, 3.63) is 0 Å². The van der Waals surface area contributed by atoms with Crippen molar-refractivity contribution in [2.45, 2.75) is 32.2 Å². The highest BCUT2D eigenvalue weighted by atomic mass is 16.6. The van der Waals surface area contributed by atoms with Gasteiger partial charge in [-0.3, -0.25) is 4.79 Å². The van der Waals surface area contributed by atoms with Crippen LogP contribution >= 0.6 is 0 Å². The maximum atomic E-state index is 10.9. The zero-order valence-corrected chi connectivity index (χ0v) is 7.79. The topological polar surface area (TPSA) is 95.4 Å². The first-order valence-corrected chi connectivity index (χ1v) is 4.32. The van der Waals surface area contributed by atoms with E-state index in [0.29, 0.717) is 19.4 Å². The highest BCUT2D eigenvalue weighted by molar-refractivity contribution is 5.88. The van der Waals surface area contributed by atoms with Crippen LogP contribution in [0.3, 0.4) is 0 Å². The predicted octanol–water partition coefficient (Wildman–Crippen LogP) is -0.468. The summed E-state index contributed by atoms with van der Waals surface area (Å²) in [5.74, 6) is -1.22. The molecule has 76 valence electrons. The summed E-state index contributed by atoms with van der Waals surface area (Å²) in [6.07, 6.45) is 1.15. The van der Waals surface area contributed by atoms with Crippen molar-refractivity contribution in [1.29, 1.82) is 0 Å². The molecule has 0 bridgehead atoms. The van der Waals surface area contributed by atoms with Crippen LogP contribution in [0.2, 0.25) is 0 Å². The van der Waals surface area contributed by atoms with Crippen LogP contribution in [-0.4, -0.2) is 24.5 Å². The monoisotopic (exact) mass is 188 g/mol. The van der Waals surface area contributed by atoms with E-state index in [2.05, 4.69) is 4.74 Å². The Kier molecular flexibility index (Phi) is 6.09. The smallest absolute Gasteiger partial charge is 0.330 e. The Morgan fingerprint density at radius 3 is 2.54 bits per heavy atom. The number of carbonyl (C=O) groups excluding carboxylic acids is 2. The Balaban J connectivity index is 3.71. The molecule has 5 nitrogen and oxygen atoms in total. The fraction of sp³-hybridized carbons (Fsp3) is 0.750. The van der Waals surface area contributed by atoms with E-state index in [-0.39, 0.29) is 6.42 Å². The minimum atomic E-state index is -0.707. The number of ether oxygens (including phenoxy) is 1. The van der Waals surface area contributed by atoms with E-state index in [9.17, 15) is 9.59 Å². The average Bonchev–Trinajstić information content (AvgIpc) is 2.13. The van der Waals surface area contributed by atoms with Crippen molar-refractivity contribution >= 4 is 11.9 Å². The molecule has 0 aromatic carbocycles. The molecule has 0 aromatic rings. The van der Waals surface area contributed by atoms with Crippen LogP contribution in [0, 0.1) is 0 Å². The Morgan fingerprint density at radius 2 is 2.08 bits per heavy atom. The van der Waals surface area contributed by atoms with Gasteiger partial charge in [0.1, 0.15) is 6.04 Å². The number of rotatable bonds is 5. The Hall–Kier alpha value is -0.940. The fourth-order valence-corrected chi connectivity index (χ4v) is 0.652. The highest BCUT2D eigenvalue weighted by Crippen LogP contribution is 1.95. The molecule has 0 saturated heterocycles. The highest BCUT2D eigenvalue weighted by Gasteiger charge is 2.16. The second kappa shape index (κ2) is 6.56. The maximum Gasteiger partial charge on any atom is 0.330 e. The molecule has 0 rings (SSSR count). The maximum absolute atomic E-state index is 10.9. The summed E-state index contributed by atoms with van der Waals surface area (Å²) in [7, 11) is 0. The number of hydrogen-bond donors (Lipinski definition) is 2. The second-order valence-corrected chi connectivity index (χ2v) is 2.70. The third-order valence-electron chi connectivity index (χ3n) is 1.54. The van der Waals surface area contributed by atoms with Gasteiger partial charge in [0.05, 0.1) is 0 Å². The molecule has 1 unspecified atom stereocenters. The van der Waals surface area contributed by atoms with Gasteiger partial charge in [-0.25, -0.2) is 4.79 Å². The van der Waals surface area contributed by atoms with Gasteiger partial charge in [-0.05, 0) is 19.4 Å². The first kappa shape index (κ1) is 12.1. The number of nitrogens with two attached hydrogens (primary N) is 2. The SMILES string of the molecule is CCC(N)C(=O)OC(=O)CCCN. The molecule has 0 aliphatic rings. The molecule has 0 aliphatic carbocycles. The Labute approximate surface area is 77.4 Å². The molecular weight excluding hydrogens is 172 g/mol. The van der Waals surface area contributed by atoms with Crippen LogP contribution in [0.4, 0.5) is 0 Å². The van der Waals surface area contributed by atoms with Crippen molar-refractivity contribution in [3.8, 4) is 0 Å². The lowest BCUT2D eigenvalue weighted by Crippen LogP contribution is -2.33. The molecule has 0 heterocycles. The minimum Gasteiger partial charge on any atom is -0.392 e. The quantitative estimate of drug-likeness (QED) is 0.449. The second-order valence-electron chi connectivity index (χ2n) is 2.70. The van der Waals surface area contributed by atoms with E-state index in [4.69, 9.17) is 11.5 Å². The summed E-state index contributed by atoms with van der Waals surface area (Å²) in [6, 6.07) is -0.707. The fourth-order valence-electron chi connectivity index (χ4n) is 0.652. The van der Waals surface area contributed by atoms with Crippen LogP contribution in [0.25, 0.3) is 0 Å². The van der Waals surface area contributed by atoms with Crippen LogP contribution in [0.15, 0.2) is 0 Å². The van der Waals surface area contributed by atoms with Crippen LogP contribution in [0.1, 0.15) is 26.2 Å². The summed E-state index contributed by atoms with van der Waals surface area (Å²) < 4.78 is 4.45. The first-order chi connectivity index (χ1) is 6.11. The minimum absolute atomic E-state index is 0.165. The van der Waals surface area contributed by atoms with Gasteiger partial charge in [0.2, 0.25) is 0 Å². The standard InChI is InChI=1S/C8H16N2O3/c1-2-6(10)8(12)13-7(11)4-3-5-9/h6H,2-5,9-10H2,1H3. The normalized spacial score (nSPS) is 12.2.